The molecule has 3 aromatic carbocycles. The molecule has 0 aliphatic heterocycles. The van der Waals surface area contributed by atoms with Gasteiger partial charge in [0.05, 0.1) is 12.3 Å². The Hall–Kier alpha value is -2.85. The fraction of sp³-hybridized carbons (Fsp3) is 0.100. The summed E-state index contributed by atoms with van der Waals surface area (Å²) >= 11 is 5.91. The number of hydrogen-bond donors (Lipinski definition) is 2. The van der Waals surface area contributed by atoms with Crippen molar-refractivity contribution in [2.45, 2.75) is 6.92 Å². The van der Waals surface area contributed by atoms with Crippen molar-refractivity contribution in [3.05, 3.63) is 77.3 Å². The van der Waals surface area contributed by atoms with E-state index in [1.165, 1.54) is 5.39 Å². The standard InChI is InChI=1S/C20H18ClN3O/c1-14(16-10-9-15-5-2-3-6-17(15)11-16)23-24-20(25)13-22-19-8-4-7-18(21)12-19/h2-12,22H,13H2,1H3,(H,24,25). The molecular weight excluding hydrogens is 334 g/mol. The van der Waals surface area contributed by atoms with E-state index < -0.39 is 0 Å². The van der Waals surface area contributed by atoms with Gasteiger partial charge in [-0.2, -0.15) is 5.10 Å². The van der Waals surface area contributed by atoms with Gasteiger partial charge in [-0.15, -0.1) is 0 Å². The minimum atomic E-state index is -0.222. The Labute approximate surface area is 151 Å². The topological polar surface area (TPSA) is 53.5 Å². The molecule has 0 aromatic heterocycles. The molecule has 0 atom stereocenters. The molecule has 0 aliphatic rings. The lowest BCUT2D eigenvalue weighted by Crippen LogP contribution is -2.26. The zero-order valence-corrected chi connectivity index (χ0v) is 14.5. The smallest absolute Gasteiger partial charge is 0.259 e. The summed E-state index contributed by atoms with van der Waals surface area (Å²) in [5.74, 6) is -0.222. The minimum absolute atomic E-state index is 0.120. The van der Waals surface area contributed by atoms with Crippen LogP contribution in [-0.2, 0) is 4.79 Å². The number of halogens is 1. The highest BCUT2D eigenvalue weighted by Gasteiger charge is 2.03. The minimum Gasteiger partial charge on any atom is -0.376 e. The normalized spacial score (nSPS) is 11.4. The number of hydrazone groups is 1. The molecule has 0 aliphatic carbocycles. The maximum Gasteiger partial charge on any atom is 0.259 e. The molecule has 25 heavy (non-hydrogen) atoms. The highest BCUT2D eigenvalue weighted by molar-refractivity contribution is 6.30. The summed E-state index contributed by atoms with van der Waals surface area (Å²) in [5.41, 5.74) is 5.08. The second-order valence-electron chi connectivity index (χ2n) is 5.66. The van der Waals surface area contributed by atoms with Crippen molar-refractivity contribution < 1.29 is 4.79 Å². The molecule has 0 heterocycles. The van der Waals surface area contributed by atoms with Crippen molar-refractivity contribution in [2.75, 3.05) is 11.9 Å². The lowest BCUT2D eigenvalue weighted by molar-refractivity contribution is -0.119. The molecule has 0 unspecified atom stereocenters. The zero-order valence-electron chi connectivity index (χ0n) is 13.8. The van der Waals surface area contributed by atoms with E-state index in [9.17, 15) is 4.79 Å². The SMILES string of the molecule is CC(=NNC(=O)CNc1cccc(Cl)c1)c1ccc2ccccc2c1. The number of amides is 1. The maximum absolute atomic E-state index is 11.9. The Bertz CT molecular complexity index is 937. The first-order chi connectivity index (χ1) is 12.1. The number of carbonyl (C=O) groups excluding carboxylic acids is 1. The van der Waals surface area contributed by atoms with Crippen LogP contribution in [0.4, 0.5) is 5.69 Å². The number of hydrogen-bond acceptors (Lipinski definition) is 3. The highest BCUT2D eigenvalue weighted by atomic mass is 35.5. The molecule has 0 spiro atoms. The quantitative estimate of drug-likeness (QED) is 0.527. The number of nitrogens with zero attached hydrogens (tertiary/aromatic N) is 1. The average Bonchev–Trinajstić information content (AvgIpc) is 2.64. The Morgan fingerprint density at radius 3 is 2.60 bits per heavy atom. The maximum atomic E-state index is 11.9. The summed E-state index contributed by atoms with van der Waals surface area (Å²) in [6.45, 7) is 1.99. The van der Waals surface area contributed by atoms with E-state index in [2.05, 4.69) is 34.0 Å². The number of carbonyl (C=O) groups is 1. The largest absolute Gasteiger partial charge is 0.376 e. The van der Waals surface area contributed by atoms with Gasteiger partial charge in [0, 0.05) is 10.7 Å². The van der Waals surface area contributed by atoms with E-state index in [-0.39, 0.29) is 12.5 Å². The number of anilines is 1. The Balaban J connectivity index is 1.60. The van der Waals surface area contributed by atoms with Gasteiger partial charge in [0.15, 0.2) is 0 Å². The van der Waals surface area contributed by atoms with Gasteiger partial charge < -0.3 is 5.32 Å². The predicted molar refractivity (Wildman–Crippen MR) is 104 cm³/mol. The second kappa shape index (κ2) is 7.81. The fourth-order valence-corrected chi connectivity index (χ4v) is 2.64. The molecule has 0 fully saturated rings. The molecule has 0 saturated heterocycles. The van der Waals surface area contributed by atoms with Gasteiger partial charge in [-0.25, -0.2) is 5.43 Å². The van der Waals surface area contributed by atoms with Crippen LogP contribution in [0.25, 0.3) is 10.8 Å². The van der Waals surface area contributed by atoms with Gasteiger partial charge in [0.2, 0.25) is 0 Å². The molecule has 3 aromatic rings. The lowest BCUT2D eigenvalue weighted by Gasteiger charge is -2.07. The summed E-state index contributed by atoms with van der Waals surface area (Å²) < 4.78 is 0. The van der Waals surface area contributed by atoms with Crippen LogP contribution in [0.5, 0.6) is 0 Å². The lowest BCUT2D eigenvalue weighted by atomic mass is 10.0. The van der Waals surface area contributed by atoms with Gasteiger partial charge in [-0.05, 0) is 47.5 Å². The van der Waals surface area contributed by atoms with Crippen molar-refractivity contribution >= 4 is 39.7 Å². The second-order valence-corrected chi connectivity index (χ2v) is 6.09. The van der Waals surface area contributed by atoms with Crippen molar-refractivity contribution in [1.82, 2.24) is 5.43 Å². The zero-order chi connectivity index (χ0) is 17.6. The Morgan fingerprint density at radius 1 is 1.00 bits per heavy atom. The fourth-order valence-electron chi connectivity index (χ4n) is 2.45. The molecule has 3 rings (SSSR count). The molecular formula is C20H18ClN3O. The third kappa shape index (κ3) is 4.58. The molecule has 2 N–H and O–H groups in total. The third-order valence-electron chi connectivity index (χ3n) is 3.79. The van der Waals surface area contributed by atoms with Crippen LogP contribution in [0.3, 0.4) is 0 Å². The van der Waals surface area contributed by atoms with Gasteiger partial charge in [-0.1, -0.05) is 54.1 Å². The van der Waals surface area contributed by atoms with E-state index in [4.69, 9.17) is 11.6 Å². The van der Waals surface area contributed by atoms with E-state index >= 15 is 0 Å². The molecule has 0 bridgehead atoms. The summed E-state index contributed by atoms with van der Waals surface area (Å²) in [7, 11) is 0. The molecule has 0 radical (unpaired) electrons. The predicted octanol–water partition coefficient (Wildman–Crippen LogP) is 4.45. The van der Waals surface area contributed by atoms with Crippen LogP contribution in [0.2, 0.25) is 5.02 Å². The summed E-state index contributed by atoms with van der Waals surface area (Å²) in [4.78, 5) is 11.9. The van der Waals surface area contributed by atoms with E-state index in [0.717, 1.165) is 22.3 Å². The van der Waals surface area contributed by atoms with Gasteiger partial charge in [0.1, 0.15) is 0 Å². The number of fused-ring (bicyclic) bond motifs is 1. The van der Waals surface area contributed by atoms with Crippen LogP contribution in [-0.4, -0.2) is 18.2 Å². The van der Waals surface area contributed by atoms with Crippen LogP contribution in [0.1, 0.15) is 12.5 Å². The summed E-state index contributed by atoms with van der Waals surface area (Å²) in [6, 6.07) is 21.5. The Morgan fingerprint density at radius 2 is 1.80 bits per heavy atom. The highest BCUT2D eigenvalue weighted by Crippen LogP contribution is 2.16. The van der Waals surface area contributed by atoms with Crippen LogP contribution in [0, 0.1) is 0 Å². The van der Waals surface area contributed by atoms with Crippen LogP contribution < -0.4 is 10.7 Å². The van der Waals surface area contributed by atoms with Crippen molar-refractivity contribution in [2.24, 2.45) is 5.10 Å². The molecule has 1 amide bonds. The number of benzene rings is 3. The molecule has 126 valence electrons. The molecule has 0 saturated carbocycles. The summed E-state index contributed by atoms with van der Waals surface area (Å²) in [5, 5.41) is 10.1. The monoisotopic (exact) mass is 351 g/mol. The van der Waals surface area contributed by atoms with E-state index in [1.54, 1.807) is 12.1 Å². The van der Waals surface area contributed by atoms with E-state index in [1.807, 2.05) is 43.3 Å². The first kappa shape index (κ1) is 17.0. The average molecular weight is 352 g/mol. The van der Waals surface area contributed by atoms with Gasteiger partial charge in [0.25, 0.3) is 5.91 Å². The van der Waals surface area contributed by atoms with Crippen LogP contribution >= 0.6 is 11.6 Å². The van der Waals surface area contributed by atoms with Gasteiger partial charge >= 0.3 is 0 Å². The van der Waals surface area contributed by atoms with Crippen molar-refractivity contribution in [3.8, 4) is 0 Å². The number of nitrogens with one attached hydrogen (secondary N) is 2. The van der Waals surface area contributed by atoms with Crippen molar-refractivity contribution in [1.29, 1.82) is 0 Å². The van der Waals surface area contributed by atoms with E-state index in [0.29, 0.717) is 5.02 Å². The third-order valence-corrected chi connectivity index (χ3v) is 4.03. The Kier molecular flexibility index (Phi) is 5.31. The number of rotatable bonds is 5. The van der Waals surface area contributed by atoms with Crippen LogP contribution in [0.15, 0.2) is 71.8 Å². The molecule has 4 nitrogen and oxygen atoms in total. The van der Waals surface area contributed by atoms with Gasteiger partial charge in [-0.3, -0.25) is 4.79 Å². The molecule has 5 heteroatoms. The summed E-state index contributed by atoms with van der Waals surface area (Å²) in [6.07, 6.45) is 0. The first-order valence-electron chi connectivity index (χ1n) is 7.93. The van der Waals surface area contributed by atoms with Crippen molar-refractivity contribution in [3.63, 3.8) is 0 Å². The first-order valence-corrected chi connectivity index (χ1v) is 8.31.